The van der Waals surface area contributed by atoms with Gasteiger partial charge in [0.2, 0.25) is 5.91 Å². The normalized spacial score (nSPS) is 25.5. The number of carbonyl (C=O) groups is 2. The molecule has 0 aliphatic carbocycles. The molecular weight excluding hydrogens is 292 g/mol. The highest BCUT2D eigenvalue weighted by Gasteiger charge is 2.49. The van der Waals surface area contributed by atoms with Crippen LogP contribution in [0.2, 0.25) is 5.02 Å². The van der Waals surface area contributed by atoms with Crippen LogP contribution in [0.25, 0.3) is 0 Å². The number of hydrogen-bond donors (Lipinski definition) is 0. The van der Waals surface area contributed by atoms with Crippen molar-refractivity contribution in [3.05, 3.63) is 28.8 Å². The fourth-order valence-corrected chi connectivity index (χ4v) is 3.12. The Kier molecular flexibility index (Phi) is 3.63. The van der Waals surface area contributed by atoms with Crippen LogP contribution in [0.5, 0.6) is 0 Å². The number of likely N-dealkylation sites (N-methyl/N-ethyl adjacent to an activating group) is 1. The maximum atomic E-state index is 12.6. The Morgan fingerprint density at radius 2 is 2.10 bits per heavy atom. The standard InChI is InChI=1S/C15H17ClN2O3/c1-3-17-13-8-21-7-11(13)14(19)18(15(17)20)10-5-4-9(2)12(16)6-10/h4-6,11,13H,3,7-8H2,1-2H3. The summed E-state index contributed by atoms with van der Waals surface area (Å²) in [6, 6.07) is 4.78. The molecule has 0 radical (unpaired) electrons. The van der Waals surface area contributed by atoms with Gasteiger partial charge in [-0.15, -0.1) is 0 Å². The van der Waals surface area contributed by atoms with E-state index in [1.807, 2.05) is 19.9 Å². The smallest absolute Gasteiger partial charge is 0.331 e. The molecule has 2 saturated heterocycles. The van der Waals surface area contributed by atoms with Crippen LogP contribution >= 0.6 is 11.6 Å². The number of imide groups is 1. The lowest BCUT2D eigenvalue weighted by molar-refractivity contribution is -0.124. The average Bonchev–Trinajstić information content (AvgIpc) is 2.93. The Balaban J connectivity index is 2.01. The third kappa shape index (κ3) is 2.21. The highest BCUT2D eigenvalue weighted by atomic mass is 35.5. The minimum atomic E-state index is -0.297. The Morgan fingerprint density at radius 1 is 1.33 bits per heavy atom. The molecule has 0 bridgehead atoms. The molecule has 2 aliphatic rings. The van der Waals surface area contributed by atoms with Gasteiger partial charge in [-0.25, -0.2) is 9.69 Å². The summed E-state index contributed by atoms with van der Waals surface area (Å²) >= 11 is 6.12. The van der Waals surface area contributed by atoms with Crippen LogP contribution in [-0.4, -0.2) is 42.6 Å². The average molecular weight is 309 g/mol. The number of nitrogens with zero attached hydrogens (tertiary/aromatic N) is 2. The highest BCUT2D eigenvalue weighted by molar-refractivity contribution is 6.32. The molecule has 0 spiro atoms. The van der Waals surface area contributed by atoms with Crippen LogP contribution in [0.4, 0.5) is 10.5 Å². The molecule has 5 nitrogen and oxygen atoms in total. The molecule has 112 valence electrons. The molecule has 0 saturated carbocycles. The van der Waals surface area contributed by atoms with Gasteiger partial charge in [-0.2, -0.15) is 0 Å². The van der Waals surface area contributed by atoms with Crippen molar-refractivity contribution in [3.8, 4) is 0 Å². The molecule has 2 unspecified atom stereocenters. The monoisotopic (exact) mass is 308 g/mol. The number of rotatable bonds is 2. The first kappa shape index (κ1) is 14.4. The fourth-order valence-electron chi connectivity index (χ4n) is 2.94. The third-order valence-electron chi connectivity index (χ3n) is 4.18. The van der Waals surface area contributed by atoms with Crippen molar-refractivity contribution in [1.29, 1.82) is 0 Å². The molecule has 2 heterocycles. The van der Waals surface area contributed by atoms with Crippen molar-refractivity contribution >= 4 is 29.2 Å². The second-order valence-electron chi connectivity index (χ2n) is 5.39. The number of amides is 3. The number of carbonyl (C=O) groups excluding carboxylic acids is 2. The topological polar surface area (TPSA) is 49.9 Å². The third-order valence-corrected chi connectivity index (χ3v) is 4.59. The molecular formula is C15H17ClN2O3. The van der Waals surface area contributed by atoms with E-state index in [0.717, 1.165) is 5.56 Å². The quantitative estimate of drug-likeness (QED) is 0.843. The summed E-state index contributed by atoms with van der Waals surface area (Å²) in [6.45, 7) is 5.13. The lowest BCUT2D eigenvalue weighted by atomic mass is 9.97. The van der Waals surface area contributed by atoms with Gasteiger partial charge in [0.15, 0.2) is 0 Å². The summed E-state index contributed by atoms with van der Waals surface area (Å²) in [4.78, 5) is 28.2. The number of urea groups is 1. The van der Waals surface area contributed by atoms with Gasteiger partial charge < -0.3 is 9.64 Å². The Bertz CT molecular complexity index is 605. The van der Waals surface area contributed by atoms with E-state index in [0.29, 0.717) is 30.5 Å². The molecule has 21 heavy (non-hydrogen) atoms. The Labute approximate surface area is 128 Å². The van der Waals surface area contributed by atoms with Gasteiger partial charge >= 0.3 is 6.03 Å². The van der Waals surface area contributed by atoms with Crippen molar-refractivity contribution in [1.82, 2.24) is 4.90 Å². The molecule has 1 aromatic carbocycles. The molecule has 2 atom stereocenters. The van der Waals surface area contributed by atoms with Gasteiger partial charge in [-0.1, -0.05) is 17.7 Å². The summed E-state index contributed by atoms with van der Waals surface area (Å²) < 4.78 is 5.40. The van der Waals surface area contributed by atoms with Crippen LogP contribution in [0.15, 0.2) is 18.2 Å². The first-order valence-electron chi connectivity index (χ1n) is 7.03. The van der Waals surface area contributed by atoms with E-state index in [1.54, 1.807) is 17.0 Å². The lowest BCUT2D eigenvalue weighted by Gasteiger charge is -2.40. The highest BCUT2D eigenvalue weighted by Crippen LogP contribution is 2.33. The number of fused-ring (bicyclic) bond motifs is 1. The predicted molar refractivity (Wildman–Crippen MR) is 79.5 cm³/mol. The molecule has 0 aromatic heterocycles. The lowest BCUT2D eigenvalue weighted by Crippen LogP contribution is -2.61. The van der Waals surface area contributed by atoms with E-state index in [-0.39, 0.29) is 23.9 Å². The Hall–Kier alpha value is -1.59. The zero-order valence-corrected chi connectivity index (χ0v) is 12.8. The second kappa shape index (κ2) is 5.31. The van der Waals surface area contributed by atoms with Crippen LogP contribution in [0, 0.1) is 12.8 Å². The van der Waals surface area contributed by atoms with Gasteiger partial charge in [0.25, 0.3) is 0 Å². The van der Waals surface area contributed by atoms with Gasteiger partial charge in [0.05, 0.1) is 30.9 Å². The van der Waals surface area contributed by atoms with Crippen LogP contribution in [-0.2, 0) is 9.53 Å². The molecule has 3 amide bonds. The van der Waals surface area contributed by atoms with E-state index >= 15 is 0 Å². The summed E-state index contributed by atoms with van der Waals surface area (Å²) in [5.74, 6) is -0.491. The molecule has 2 aliphatic heterocycles. The van der Waals surface area contributed by atoms with Gasteiger partial charge in [-0.05, 0) is 31.5 Å². The number of anilines is 1. The predicted octanol–water partition coefficient (Wildman–Crippen LogP) is 2.45. The van der Waals surface area contributed by atoms with E-state index < -0.39 is 0 Å². The van der Waals surface area contributed by atoms with Crippen molar-refractivity contribution in [2.45, 2.75) is 19.9 Å². The number of ether oxygens (including phenoxy) is 1. The van der Waals surface area contributed by atoms with E-state index in [9.17, 15) is 9.59 Å². The van der Waals surface area contributed by atoms with Crippen LogP contribution in [0.1, 0.15) is 12.5 Å². The van der Waals surface area contributed by atoms with E-state index in [4.69, 9.17) is 16.3 Å². The zero-order chi connectivity index (χ0) is 15.1. The number of aryl methyl sites for hydroxylation is 1. The van der Waals surface area contributed by atoms with E-state index in [1.165, 1.54) is 4.90 Å². The largest absolute Gasteiger partial charge is 0.378 e. The van der Waals surface area contributed by atoms with Crippen molar-refractivity contribution in [2.24, 2.45) is 5.92 Å². The minimum Gasteiger partial charge on any atom is -0.378 e. The summed E-state index contributed by atoms with van der Waals surface area (Å²) in [5.41, 5.74) is 1.43. The molecule has 2 fully saturated rings. The first-order valence-corrected chi connectivity index (χ1v) is 7.41. The van der Waals surface area contributed by atoms with Crippen LogP contribution < -0.4 is 4.90 Å². The number of halogens is 1. The SMILES string of the molecule is CCN1C(=O)N(c2ccc(C)c(Cl)c2)C(=O)C2COCC21. The van der Waals surface area contributed by atoms with Gasteiger partial charge in [0.1, 0.15) is 0 Å². The van der Waals surface area contributed by atoms with Gasteiger partial charge in [-0.3, -0.25) is 4.79 Å². The summed E-state index contributed by atoms with van der Waals surface area (Å²) in [6.07, 6.45) is 0. The maximum absolute atomic E-state index is 12.6. The van der Waals surface area contributed by atoms with Crippen molar-refractivity contribution in [3.63, 3.8) is 0 Å². The van der Waals surface area contributed by atoms with Crippen molar-refractivity contribution < 1.29 is 14.3 Å². The second-order valence-corrected chi connectivity index (χ2v) is 5.79. The van der Waals surface area contributed by atoms with Crippen molar-refractivity contribution in [2.75, 3.05) is 24.7 Å². The zero-order valence-electron chi connectivity index (χ0n) is 12.0. The summed E-state index contributed by atoms with van der Waals surface area (Å²) in [5, 5.41) is 0.543. The molecule has 3 rings (SSSR count). The van der Waals surface area contributed by atoms with E-state index in [2.05, 4.69) is 0 Å². The minimum absolute atomic E-state index is 0.146. The number of hydrogen-bond acceptors (Lipinski definition) is 3. The van der Waals surface area contributed by atoms with Gasteiger partial charge in [0, 0.05) is 11.6 Å². The fraction of sp³-hybridized carbons (Fsp3) is 0.467. The Morgan fingerprint density at radius 3 is 2.76 bits per heavy atom. The first-order chi connectivity index (χ1) is 10.0. The molecule has 0 N–H and O–H groups in total. The summed E-state index contributed by atoms with van der Waals surface area (Å²) in [7, 11) is 0. The number of benzene rings is 1. The molecule has 1 aromatic rings. The molecule has 6 heteroatoms. The van der Waals surface area contributed by atoms with Crippen LogP contribution in [0.3, 0.4) is 0 Å². The maximum Gasteiger partial charge on any atom is 0.331 e.